The Labute approximate surface area is 96.6 Å². The molecule has 1 aromatic rings. The zero-order valence-electron chi connectivity index (χ0n) is 9.71. The van der Waals surface area contributed by atoms with Gasteiger partial charge in [0.2, 0.25) is 0 Å². The van der Waals surface area contributed by atoms with Gasteiger partial charge in [0.05, 0.1) is 0 Å². The number of nitrogens with one attached hydrogen (secondary N) is 1. The molecule has 0 amide bonds. The summed E-state index contributed by atoms with van der Waals surface area (Å²) in [5.74, 6) is 1.14. The van der Waals surface area contributed by atoms with Gasteiger partial charge in [-0.3, -0.25) is 0 Å². The largest absolute Gasteiger partial charge is 0.399 e. The predicted molar refractivity (Wildman–Crippen MR) is 71.7 cm³/mol. The molecule has 3 heteroatoms. The van der Waals surface area contributed by atoms with Crippen LogP contribution in [-0.2, 0) is 0 Å². The van der Waals surface area contributed by atoms with Gasteiger partial charge < -0.3 is 11.1 Å². The Morgan fingerprint density at radius 3 is 2.73 bits per heavy atom. The van der Waals surface area contributed by atoms with Gasteiger partial charge in [-0.25, -0.2) is 0 Å². The van der Waals surface area contributed by atoms with Crippen LogP contribution in [0.5, 0.6) is 0 Å². The molecule has 1 unspecified atom stereocenters. The Morgan fingerprint density at radius 1 is 1.47 bits per heavy atom. The Balaban J connectivity index is 2.66. The van der Waals surface area contributed by atoms with Crippen molar-refractivity contribution in [3.63, 3.8) is 0 Å². The molecule has 0 bridgehead atoms. The summed E-state index contributed by atoms with van der Waals surface area (Å²) in [7, 11) is 0. The summed E-state index contributed by atoms with van der Waals surface area (Å²) in [5.41, 5.74) is 8.95. The maximum atomic E-state index is 5.78. The fourth-order valence-corrected chi connectivity index (χ4v) is 2.19. The number of nitrogens with two attached hydrogens (primary N) is 1. The van der Waals surface area contributed by atoms with Crippen molar-refractivity contribution in [3.05, 3.63) is 23.8 Å². The van der Waals surface area contributed by atoms with Crippen molar-refractivity contribution < 1.29 is 0 Å². The molecule has 0 saturated carbocycles. The summed E-state index contributed by atoms with van der Waals surface area (Å²) in [5, 5.41) is 3.52. The van der Waals surface area contributed by atoms with E-state index in [0.717, 1.165) is 23.4 Å². The van der Waals surface area contributed by atoms with Crippen LogP contribution in [-0.4, -0.2) is 18.1 Å². The van der Waals surface area contributed by atoms with Gasteiger partial charge in [0.25, 0.3) is 0 Å². The number of benzene rings is 1. The number of nitrogen functional groups attached to an aromatic ring is 1. The minimum atomic E-state index is 0.544. The molecule has 0 spiro atoms. The molecular weight excluding hydrogens is 204 g/mol. The summed E-state index contributed by atoms with van der Waals surface area (Å²) >= 11 is 1.87. The summed E-state index contributed by atoms with van der Waals surface area (Å²) in [6, 6.07) is 6.66. The van der Waals surface area contributed by atoms with Gasteiger partial charge in [-0.2, -0.15) is 11.8 Å². The van der Waals surface area contributed by atoms with E-state index in [1.165, 1.54) is 5.69 Å². The van der Waals surface area contributed by atoms with Crippen LogP contribution < -0.4 is 11.1 Å². The fourth-order valence-electron chi connectivity index (χ4n) is 1.46. The molecule has 0 fully saturated rings. The monoisotopic (exact) mass is 224 g/mol. The van der Waals surface area contributed by atoms with E-state index >= 15 is 0 Å². The van der Waals surface area contributed by atoms with Gasteiger partial charge in [0.1, 0.15) is 0 Å². The first kappa shape index (κ1) is 12.2. The summed E-state index contributed by atoms with van der Waals surface area (Å²) in [6.45, 7) is 4.24. The smallest absolute Gasteiger partial charge is 0.0349 e. The Bertz CT molecular complexity index is 312. The molecule has 0 aliphatic heterocycles. The van der Waals surface area contributed by atoms with E-state index in [4.69, 9.17) is 5.73 Å². The molecule has 0 radical (unpaired) electrons. The number of rotatable bonds is 5. The second-order valence-electron chi connectivity index (χ2n) is 3.78. The molecule has 1 rings (SSSR count). The highest BCUT2D eigenvalue weighted by atomic mass is 32.2. The predicted octanol–water partition coefficient (Wildman–Crippen LogP) is 3.13. The first-order chi connectivity index (χ1) is 7.17. The number of aryl methyl sites for hydroxylation is 1. The lowest BCUT2D eigenvalue weighted by Crippen LogP contribution is -2.21. The SMILES string of the molecule is CCC(CSC)Nc1ccc(N)c(C)c1. The lowest BCUT2D eigenvalue weighted by atomic mass is 10.1. The number of hydrogen-bond acceptors (Lipinski definition) is 3. The molecule has 1 atom stereocenters. The van der Waals surface area contributed by atoms with E-state index in [1.54, 1.807) is 0 Å². The van der Waals surface area contributed by atoms with Gasteiger partial charge in [0.15, 0.2) is 0 Å². The Hall–Kier alpha value is -0.830. The highest BCUT2D eigenvalue weighted by Crippen LogP contribution is 2.18. The van der Waals surface area contributed by atoms with Crippen molar-refractivity contribution >= 4 is 23.1 Å². The maximum absolute atomic E-state index is 5.78. The standard InChI is InChI=1S/C12H20N2S/c1-4-10(8-15-3)14-11-5-6-12(13)9(2)7-11/h5-7,10,14H,4,8,13H2,1-3H3. The second kappa shape index (κ2) is 5.91. The van der Waals surface area contributed by atoms with Crippen LogP contribution in [0.25, 0.3) is 0 Å². The molecule has 2 nitrogen and oxygen atoms in total. The van der Waals surface area contributed by atoms with Gasteiger partial charge in [-0.1, -0.05) is 6.92 Å². The quantitative estimate of drug-likeness (QED) is 0.755. The van der Waals surface area contributed by atoms with Gasteiger partial charge in [-0.15, -0.1) is 0 Å². The molecule has 0 aliphatic carbocycles. The molecule has 0 aromatic heterocycles. The van der Waals surface area contributed by atoms with Crippen molar-refractivity contribution in [1.82, 2.24) is 0 Å². The Morgan fingerprint density at radius 2 is 2.20 bits per heavy atom. The van der Waals surface area contributed by atoms with Crippen LogP contribution in [0.4, 0.5) is 11.4 Å². The molecule has 15 heavy (non-hydrogen) atoms. The normalized spacial score (nSPS) is 12.5. The van der Waals surface area contributed by atoms with Crippen LogP contribution in [0.2, 0.25) is 0 Å². The van der Waals surface area contributed by atoms with E-state index in [-0.39, 0.29) is 0 Å². The van der Waals surface area contributed by atoms with Crippen LogP contribution in [0.1, 0.15) is 18.9 Å². The average Bonchev–Trinajstić information content (AvgIpc) is 2.23. The van der Waals surface area contributed by atoms with Crippen molar-refractivity contribution in [2.24, 2.45) is 0 Å². The fraction of sp³-hybridized carbons (Fsp3) is 0.500. The molecule has 3 N–H and O–H groups in total. The van der Waals surface area contributed by atoms with Gasteiger partial charge in [-0.05, 0) is 43.4 Å². The van der Waals surface area contributed by atoms with Crippen LogP contribution in [0, 0.1) is 6.92 Å². The summed E-state index contributed by atoms with van der Waals surface area (Å²) < 4.78 is 0. The van der Waals surface area contributed by atoms with Crippen molar-refractivity contribution in [2.75, 3.05) is 23.1 Å². The van der Waals surface area contributed by atoms with Crippen molar-refractivity contribution in [3.8, 4) is 0 Å². The third-order valence-corrected chi connectivity index (χ3v) is 3.24. The van der Waals surface area contributed by atoms with Crippen molar-refractivity contribution in [2.45, 2.75) is 26.3 Å². The van der Waals surface area contributed by atoms with E-state index in [0.29, 0.717) is 6.04 Å². The lowest BCUT2D eigenvalue weighted by molar-refractivity contribution is 0.775. The Kier molecular flexibility index (Phi) is 4.82. The molecule has 84 valence electrons. The van der Waals surface area contributed by atoms with E-state index in [1.807, 2.05) is 30.8 Å². The summed E-state index contributed by atoms with van der Waals surface area (Å²) in [4.78, 5) is 0. The van der Waals surface area contributed by atoms with Crippen LogP contribution in [0.15, 0.2) is 18.2 Å². The highest BCUT2D eigenvalue weighted by molar-refractivity contribution is 7.98. The van der Waals surface area contributed by atoms with Gasteiger partial charge >= 0.3 is 0 Å². The zero-order chi connectivity index (χ0) is 11.3. The molecular formula is C12H20N2S. The number of thioether (sulfide) groups is 1. The van der Waals surface area contributed by atoms with E-state index < -0.39 is 0 Å². The van der Waals surface area contributed by atoms with Crippen LogP contribution >= 0.6 is 11.8 Å². The molecule has 0 aliphatic rings. The number of anilines is 2. The minimum Gasteiger partial charge on any atom is -0.399 e. The number of hydrogen-bond donors (Lipinski definition) is 2. The third kappa shape index (κ3) is 3.67. The molecule has 1 aromatic carbocycles. The van der Waals surface area contributed by atoms with E-state index in [2.05, 4.69) is 24.6 Å². The minimum absolute atomic E-state index is 0.544. The molecule has 0 saturated heterocycles. The molecule has 0 heterocycles. The summed E-state index contributed by atoms with van der Waals surface area (Å²) in [6.07, 6.45) is 3.28. The zero-order valence-corrected chi connectivity index (χ0v) is 10.5. The second-order valence-corrected chi connectivity index (χ2v) is 4.69. The van der Waals surface area contributed by atoms with E-state index in [9.17, 15) is 0 Å². The first-order valence-electron chi connectivity index (χ1n) is 5.29. The first-order valence-corrected chi connectivity index (χ1v) is 6.68. The average molecular weight is 224 g/mol. The highest BCUT2D eigenvalue weighted by Gasteiger charge is 2.05. The van der Waals surface area contributed by atoms with Crippen molar-refractivity contribution in [1.29, 1.82) is 0 Å². The maximum Gasteiger partial charge on any atom is 0.0349 e. The third-order valence-electron chi connectivity index (χ3n) is 2.50. The lowest BCUT2D eigenvalue weighted by Gasteiger charge is -2.17. The van der Waals surface area contributed by atoms with Gasteiger partial charge in [0, 0.05) is 23.2 Å². The van der Waals surface area contributed by atoms with Crippen LogP contribution in [0.3, 0.4) is 0 Å². The topological polar surface area (TPSA) is 38.0 Å².